The molecular weight excluding hydrogens is 266 g/mol. The molecule has 0 unspecified atom stereocenters. The second kappa shape index (κ2) is 5.20. The number of aryl methyl sites for hydroxylation is 1. The molecule has 0 amide bonds. The number of anilines is 2. The number of carboxylic acid groups (broad SMARTS) is 1. The predicted octanol–water partition coefficient (Wildman–Crippen LogP) is 3.38. The van der Waals surface area contributed by atoms with Crippen LogP contribution in [0.5, 0.6) is 0 Å². The highest BCUT2D eigenvalue weighted by Crippen LogP contribution is 2.25. The van der Waals surface area contributed by atoms with Gasteiger partial charge in [-0.05, 0) is 36.6 Å². The fourth-order valence-electron chi connectivity index (χ4n) is 2.22. The number of aromatic nitrogens is 2. The Kier molecular flexibility index (Phi) is 3.23. The molecule has 1 aromatic carbocycles. The first-order valence-corrected chi connectivity index (χ1v) is 6.45. The van der Waals surface area contributed by atoms with Gasteiger partial charge in [-0.1, -0.05) is 12.1 Å². The molecule has 0 fully saturated rings. The molecule has 2 N–H and O–H groups in total. The average molecular weight is 279 g/mol. The molecule has 2 heterocycles. The summed E-state index contributed by atoms with van der Waals surface area (Å²) in [5.74, 6) is -0.466. The van der Waals surface area contributed by atoms with E-state index in [1.165, 1.54) is 12.1 Å². The van der Waals surface area contributed by atoms with E-state index in [0.717, 1.165) is 16.5 Å². The molecule has 0 aliphatic rings. The maximum Gasteiger partial charge on any atom is 0.335 e. The molecule has 3 aromatic rings. The van der Waals surface area contributed by atoms with E-state index in [9.17, 15) is 4.79 Å². The van der Waals surface area contributed by atoms with Gasteiger partial charge in [-0.2, -0.15) is 0 Å². The largest absolute Gasteiger partial charge is 0.478 e. The van der Waals surface area contributed by atoms with Gasteiger partial charge in [0, 0.05) is 29.2 Å². The Morgan fingerprint density at radius 2 is 2.10 bits per heavy atom. The smallest absolute Gasteiger partial charge is 0.335 e. The van der Waals surface area contributed by atoms with Crippen molar-refractivity contribution in [2.75, 3.05) is 5.32 Å². The van der Waals surface area contributed by atoms with Crippen molar-refractivity contribution >= 4 is 28.2 Å². The Bertz CT molecular complexity index is 825. The van der Waals surface area contributed by atoms with Crippen LogP contribution in [-0.4, -0.2) is 21.0 Å². The third-order valence-electron chi connectivity index (χ3n) is 3.15. The SMILES string of the molecule is Cc1cc(C(=O)O)cc(Nc2cccc3ccncc23)n1. The minimum absolute atomic E-state index is 0.211. The number of nitrogens with one attached hydrogen (secondary N) is 1. The lowest BCUT2D eigenvalue weighted by Crippen LogP contribution is -2.02. The third kappa shape index (κ3) is 2.67. The third-order valence-corrected chi connectivity index (χ3v) is 3.15. The van der Waals surface area contributed by atoms with Gasteiger partial charge in [0.25, 0.3) is 0 Å². The van der Waals surface area contributed by atoms with Gasteiger partial charge in [0.1, 0.15) is 5.82 Å². The molecule has 0 saturated carbocycles. The number of rotatable bonds is 3. The number of hydrogen-bond acceptors (Lipinski definition) is 4. The first-order chi connectivity index (χ1) is 10.1. The molecule has 104 valence electrons. The number of carbonyl (C=O) groups is 1. The van der Waals surface area contributed by atoms with Crippen LogP contribution in [-0.2, 0) is 0 Å². The van der Waals surface area contributed by atoms with Crippen LogP contribution in [0.1, 0.15) is 16.1 Å². The summed E-state index contributed by atoms with van der Waals surface area (Å²) in [6, 6.07) is 10.8. The Labute approximate surface area is 121 Å². The van der Waals surface area contributed by atoms with E-state index in [4.69, 9.17) is 5.11 Å². The minimum atomic E-state index is -0.969. The normalized spacial score (nSPS) is 10.5. The van der Waals surface area contributed by atoms with Crippen molar-refractivity contribution in [1.29, 1.82) is 0 Å². The van der Waals surface area contributed by atoms with E-state index in [-0.39, 0.29) is 5.56 Å². The van der Waals surface area contributed by atoms with Crippen LogP contribution in [0.25, 0.3) is 10.8 Å². The average Bonchev–Trinajstić information content (AvgIpc) is 2.47. The van der Waals surface area contributed by atoms with Crippen molar-refractivity contribution in [3.05, 3.63) is 60.0 Å². The predicted molar refractivity (Wildman–Crippen MR) is 81.0 cm³/mol. The van der Waals surface area contributed by atoms with Crippen LogP contribution in [0, 0.1) is 6.92 Å². The van der Waals surface area contributed by atoms with Crippen molar-refractivity contribution in [3.8, 4) is 0 Å². The highest BCUT2D eigenvalue weighted by Gasteiger charge is 2.08. The molecule has 0 aliphatic heterocycles. The van der Waals surface area contributed by atoms with Crippen LogP contribution < -0.4 is 5.32 Å². The van der Waals surface area contributed by atoms with Crippen LogP contribution in [0.2, 0.25) is 0 Å². The number of fused-ring (bicyclic) bond motifs is 1. The standard InChI is InChI=1S/C16H13N3O2/c1-10-7-12(16(20)21)8-15(18-10)19-14-4-2-3-11-5-6-17-9-13(11)14/h2-9H,1H3,(H,18,19)(H,20,21). The lowest BCUT2D eigenvalue weighted by atomic mass is 10.1. The fraction of sp³-hybridized carbons (Fsp3) is 0.0625. The van der Waals surface area contributed by atoms with Gasteiger partial charge < -0.3 is 10.4 Å². The summed E-state index contributed by atoms with van der Waals surface area (Å²) in [5, 5.41) is 14.3. The minimum Gasteiger partial charge on any atom is -0.478 e. The molecule has 5 nitrogen and oxygen atoms in total. The van der Waals surface area contributed by atoms with Crippen LogP contribution >= 0.6 is 0 Å². The van der Waals surface area contributed by atoms with Crippen molar-refractivity contribution in [1.82, 2.24) is 9.97 Å². The van der Waals surface area contributed by atoms with Crippen LogP contribution in [0.3, 0.4) is 0 Å². The Hall–Kier alpha value is -2.95. The lowest BCUT2D eigenvalue weighted by Gasteiger charge is -2.10. The maximum absolute atomic E-state index is 11.1. The summed E-state index contributed by atoms with van der Waals surface area (Å²) in [7, 11) is 0. The van der Waals surface area contributed by atoms with Gasteiger partial charge in [0.05, 0.1) is 5.56 Å². The molecule has 0 radical (unpaired) electrons. The van der Waals surface area contributed by atoms with E-state index in [1.54, 1.807) is 19.3 Å². The zero-order chi connectivity index (χ0) is 14.8. The van der Waals surface area contributed by atoms with Crippen molar-refractivity contribution in [2.24, 2.45) is 0 Å². The summed E-state index contributed by atoms with van der Waals surface area (Å²) in [4.78, 5) is 19.6. The van der Waals surface area contributed by atoms with Gasteiger partial charge in [0.2, 0.25) is 0 Å². The zero-order valence-electron chi connectivity index (χ0n) is 11.4. The summed E-state index contributed by atoms with van der Waals surface area (Å²) in [6.45, 7) is 1.77. The molecule has 3 rings (SSSR count). The first-order valence-electron chi connectivity index (χ1n) is 6.45. The lowest BCUT2D eigenvalue weighted by molar-refractivity contribution is 0.0696. The highest BCUT2D eigenvalue weighted by molar-refractivity contribution is 5.95. The van der Waals surface area contributed by atoms with Gasteiger partial charge in [-0.3, -0.25) is 4.98 Å². The number of pyridine rings is 2. The number of benzene rings is 1. The topological polar surface area (TPSA) is 75.1 Å². The summed E-state index contributed by atoms with van der Waals surface area (Å²) >= 11 is 0. The molecule has 0 spiro atoms. The second-order valence-corrected chi connectivity index (χ2v) is 4.71. The fourth-order valence-corrected chi connectivity index (χ4v) is 2.22. The first kappa shape index (κ1) is 13.1. The van der Waals surface area contributed by atoms with E-state index >= 15 is 0 Å². The van der Waals surface area contributed by atoms with Crippen molar-refractivity contribution < 1.29 is 9.90 Å². The van der Waals surface area contributed by atoms with Crippen LogP contribution in [0.15, 0.2) is 48.8 Å². The Morgan fingerprint density at radius 1 is 1.24 bits per heavy atom. The summed E-state index contributed by atoms with van der Waals surface area (Å²) < 4.78 is 0. The van der Waals surface area contributed by atoms with E-state index in [1.807, 2.05) is 24.3 Å². The molecule has 2 aromatic heterocycles. The quantitative estimate of drug-likeness (QED) is 0.768. The van der Waals surface area contributed by atoms with Crippen molar-refractivity contribution in [3.63, 3.8) is 0 Å². The van der Waals surface area contributed by atoms with Gasteiger partial charge in [0.15, 0.2) is 0 Å². The Balaban J connectivity index is 2.05. The van der Waals surface area contributed by atoms with Gasteiger partial charge in [-0.15, -0.1) is 0 Å². The molecule has 0 aliphatic carbocycles. The molecule has 21 heavy (non-hydrogen) atoms. The number of aromatic carboxylic acids is 1. The van der Waals surface area contributed by atoms with E-state index < -0.39 is 5.97 Å². The molecular formula is C16H13N3O2. The highest BCUT2D eigenvalue weighted by atomic mass is 16.4. The maximum atomic E-state index is 11.1. The van der Waals surface area contributed by atoms with Gasteiger partial charge in [-0.25, -0.2) is 9.78 Å². The van der Waals surface area contributed by atoms with Gasteiger partial charge >= 0.3 is 5.97 Å². The molecule has 0 saturated heterocycles. The van der Waals surface area contributed by atoms with E-state index in [0.29, 0.717) is 11.5 Å². The van der Waals surface area contributed by atoms with Crippen LogP contribution in [0.4, 0.5) is 11.5 Å². The number of nitrogens with zero attached hydrogens (tertiary/aromatic N) is 2. The van der Waals surface area contributed by atoms with E-state index in [2.05, 4.69) is 15.3 Å². The molecule has 0 atom stereocenters. The second-order valence-electron chi connectivity index (χ2n) is 4.71. The summed E-state index contributed by atoms with van der Waals surface area (Å²) in [5.41, 5.74) is 1.70. The number of carboxylic acids is 1. The molecule has 5 heteroatoms. The zero-order valence-corrected chi connectivity index (χ0v) is 11.4. The van der Waals surface area contributed by atoms with Crippen molar-refractivity contribution in [2.45, 2.75) is 6.92 Å². The molecule has 0 bridgehead atoms. The Morgan fingerprint density at radius 3 is 2.90 bits per heavy atom. The monoisotopic (exact) mass is 279 g/mol. The summed E-state index contributed by atoms with van der Waals surface area (Å²) in [6.07, 6.45) is 3.51. The number of hydrogen-bond donors (Lipinski definition) is 2.